The van der Waals surface area contributed by atoms with Crippen LogP contribution in [0.1, 0.15) is 17.3 Å². The van der Waals surface area contributed by atoms with Crippen LogP contribution in [0.2, 0.25) is 10.3 Å². The average Bonchev–Trinajstić information content (AvgIpc) is 2.12. The average molecular weight is 248 g/mol. The molecule has 0 unspecified atom stereocenters. The van der Waals surface area contributed by atoms with Crippen molar-refractivity contribution < 1.29 is 9.59 Å². The van der Waals surface area contributed by atoms with Gasteiger partial charge in [-0.2, -0.15) is 0 Å². The van der Waals surface area contributed by atoms with Gasteiger partial charge < -0.3 is 0 Å². The molecule has 0 bridgehead atoms. The van der Waals surface area contributed by atoms with E-state index in [9.17, 15) is 9.59 Å². The van der Waals surface area contributed by atoms with Crippen LogP contribution in [-0.4, -0.2) is 16.8 Å². The molecular formula is C8H7Cl2N3O2. The Kier molecular flexibility index (Phi) is 3.88. The number of amides is 2. The van der Waals surface area contributed by atoms with Crippen LogP contribution in [0.3, 0.4) is 0 Å². The molecule has 0 aromatic carbocycles. The Labute approximate surface area is 95.7 Å². The van der Waals surface area contributed by atoms with Crippen LogP contribution in [-0.2, 0) is 4.79 Å². The zero-order valence-electron chi connectivity index (χ0n) is 7.67. The third-order valence-electron chi connectivity index (χ3n) is 1.38. The first-order valence-electron chi connectivity index (χ1n) is 3.89. The standard InChI is InChI=1S/C8H7Cl2N3O2/c1-4(14)12-13-8(15)5-2-6(9)11-7(10)3-5/h2-3H,1H3,(H,12,14)(H,13,15). The maximum atomic E-state index is 11.4. The molecule has 1 aromatic rings. The fourth-order valence-corrected chi connectivity index (χ4v) is 1.27. The summed E-state index contributed by atoms with van der Waals surface area (Å²) >= 11 is 11.2. The minimum atomic E-state index is -0.517. The van der Waals surface area contributed by atoms with Crippen LogP contribution in [0.15, 0.2) is 12.1 Å². The van der Waals surface area contributed by atoms with Crippen LogP contribution in [0, 0.1) is 0 Å². The normalized spacial score (nSPS) is 9.53. The van der Waals surface area contributed by atoms with Gasteiger partial charge in [0.05, 0.1) is 0 Å². The van der Waals surface area contributed by atoms with Gasteiger partial charge in [-0.25, -0.2) is 4.98 Å². The van der Waals surface area contributed by atoms with Gasteiger partial charge in [0.25, 0.3) is 5.91 Å². The molecule has 15 heavy (non-hydrogen) atoms. The maximum absolute atomic E-state index is 11.4. The summed E-state index contributed by atoms with van der Waals surface area (Å²) in [7, 11) is 0. The smallest absolute Gasteiger partial charge is 0.269 e. The Balaban J connectivity index is 2.77. The number of carbonyl (C=O) groups excluding carboxylic acids is 2. The number of hydrogen-bond donors (Lipinski definition) is 2. The lowest BCUT2D eigenvalue weighted by molar-refractivity contribution is -0.119. The van der Waals surface area contributed by atoms with Gasteiger partial charge in [-0.05, 0) is 12.1 Å². The summed E-state index contributed by atoms with van der Waals surface area (Å²) in [5.74, 6) is -0.897. The van der Waals surface area contributed by atoms with Crippen molar-refractivity contribution in [3.63, 3.8) is 0 Å². The summed E-state index contributed by atoms with van der Waals surface area (Å²) in [5, 5.41) is 0.214. The summed E-state index contributed by atoms with van der Waals surface area (Å²) < 4.78 is 0. The number of pyridine rings is 1. The van der Waals surface area contributed by atoms with E-state index in [0.717, 1.165) is 0 Å². The molecule has 0 fully saturated rings. The van der Waals surface area contributed by atoms with E-state index in [1.165, 1.54) is 19.1 Å². The minimum absolute atomic E-state index is 0.107. The van der Waals surface area contributed by atoms with E-state index in [2.05, 4.69) is 15.8 Å². The van der Waals surface area contributed by atoms with Crippen molar-refractivity contribution >= 4 is 35.0 Å². The van der Waals surface area contributed by atoms with E-state index < -0.39 is 5.91 Å². The van der Waals surface area contributed by atoms with Gasteiger partial charge >= 0.3 is 0 Å². The highest BCUT2D eigenvalue weighted by atomic mass is 35.5. The Morgan fingerprint density at radius 2 is 1.73 bits per heavy atom. The Hall–Kier alpha value is -1.33. The lowest BCUT2D eigenvalue weighted by atomic mass is 10.2. The first-order valence-corrected chi connectivity index (χ1v) is 4.64. The van der Waals surface area contributed by atoms with E-state index in [4.69, 9.17) is 23.2 Å². The fourth-order valence-electron chi connectivity index (χ4n) is 0.813. The van der Waals surface area contributed by atoms with Gasteiger partial charge in [-0.1, -0.05) is 23.2 Å². The van der Waals surface area contributed by atoms with Crippen molar-refractivity contribution in [1.82, 2.24) is 15.8 Å². The summed E-state index contributed by atoms with van der Waals surface area (Å²) in [6.07, 6.45) is 0. The molecule has 1 aromatic heterocycles. The molecule has 0 spiro atoms. The summed E-state index contributed by atoms with van der Waals surface area (Å²) in [6, 6.07) is 2.68. The van der Waals surface area contributed by atoms with Crippen LogP contribution in [0.4, 0.5) is 0 Å². The number of hydrogen-bond acceptors (Lipinski definition) is 3. The summed E-state index contributed by atoms with van der Waals surface area (Å²) in [4.78, 5) is 25.6. The molecule has 0 aliphatic heterocycles. The molecule has 2 N–H and O–H groups in total. The summed E-state index contributed by atoms with van der Waals surface area (Å²) in [6.45, 7) is 1.27. The summed E-state index contributed by atoms with van der Waals surface area (Å²) in [5.41, 5.74) is 4.52. The van der Waals surface area contributed by atoms with Crippen LogP contribution in [0.5, 0.6) is 0 Å². The molecule has 80 valence electrons. The second kappa shape index (κ2) is 4.95. The Morgan fingerprint density at radius 1 is 1.20 bits per heavy atom. The first-order chi connectivity index (χ1) is 6.99. The number of hydrazine groups is 1. The van der Waals surface area contributed by atoms with E-state index in [-0.39, 0.29) is 21.8 Å². The SMILES string of the molecule is CC(=O)NNC(=O)c1cc(Cl)nc(Cl)c1. The second-order valence-electron chi connectivity index (χ2n) is 2.64. The van der Waals surface area contributed by atoms with E-state index in [1.807, 2.05) is 0 Å². The van der Waals surface area contributed by atoms with Crippen molar-refractivity contribution in [3.8, 4) is 0 Å². The Morgan fingerprint density at radius 3 is 2.20 bits per heavy atom. The van der Waals surface area contributed by atoms with Crippen LogP contribution >= 0.6 is 23.2 Å². The lowest BCUT2D eigenvalue weighted by Gasteiger charge is -2.05. The highest BCUT2D eigenvalue weighted by Crippen LogP contribution is 2.14. The third-order valence-corrected chi connectivity index (χ3v) is 1.76. The predicted octanol–water partition coefficient (Wildman–Crippen LogP) is 1.17. The molecule has 7 heteroatoms. The largest absolute Gasteiger partial charge is 0.274 e. The molecule has 5 nitrogen and oxygen atoms in total. The molecule has 1 rings (SSSR count). The molecular weight excluding hydrogens is 241 g/mol. The minimum Gasteiger partial charge on any atom is -0.274 e. The highest BCUT2D eigenvalue weighted by molar-refractivity contribution is 6.33. The predicted molar refractivity (Wildman–Crippen MR) is 55.5 cm³/mol. The van der Waals surface area contributed by atoms with Gasteiger partial charge in [-0.3, -0.25) is 20.4 Å². The van der Waals surface area contributed by atoms with E-state index in [0.29, 0.717) is 0 Å². The van der Waals surface area contributed by atoms with Crippen molar-refractivity contribution in [3.05, 3.63) is 28.0 Å². The number of rotatable bonds is 1. The quantitative estimate of drug-likeness (QED) is 0.578. The van der Waals surface area contributed by atoms with Crippen molar-refractivity contribution in [2.75, 3.05) is 0 Å². The molecule has 0 radical (unpaired) electrons. The van der Waals surface area contributed by atoms with E-state index in [1.54, 1.807) is 0 Å². The Bertz CT molecular complexity index is 389. The maximum Gasteiger partial charge on any atom is 0.269 e. The van der Waals surface area contributed by atoms with Gasteiger partial charge in [0.2, 0.25) is 5.91 Å². The third kappa shape index (κ3) is 3.73. The highest BCUT2D eigenvalue weighted by Gasteiger charge is 2.08. The van der Waals surface area contributed by atoms with E-state index >= 15 is 0 Å². The second-order valence-corrected chi connectivity index (χ2v) is 3.41. The molecule has 1 heterocycles. The monoisotopic (exact) mass is 247 g/mol. The van der Waals surface area contributed by atoms with Gasteiger partial charge in [0, 0.05) is 12.5 Å². The number of nitrogens with zero attached hydrogens (tertiary/aromatic N) is 1. The fraction of sp³-hybridized carbons (Fsp3) is 0.125. The number of carbonyl (C=O) groups is 2. The van der Waals surface area contributed by atoms with Gasteiger partial charge in [0.1, 0.15) is 10.3 Å². The van der Waals surface area contributed by atoms with Crippen LogP contribution in [0.25, 0.3) is 0 Å². The molecule has 0 saturated heterocycles. The number of halogens is 2. The van der Waals surface area contributed by atoms with Crippen molar-refractivity contribution in [1.29, 1.82) is 0 Å². The molecule has 0 saturated carbocycles. The topological polar surface area (TPSA) is 71.1 Å². The molecule has 0 atom stereocenters. The van der Waals surface area contributed by atoms with Crippen LogP contribution < -0.4 is 10.9 Å². The first kappa shape index (κ1) is 11.7. The van der Waals surface area contributed by atoms with Gasteiger partial charge in [-0.15, -0.1) is 0 Å². The van der Waals surface area contributed by atoms with Crippen molar-refractivity contribution in [2.24, 2.45) is 0 Å². The lowest BCUT2D eigenvalue weighted by Crippen LogP contribution is -2.40. The number of aromatic nitrogens is 1. The van der Waals surface area contributed by atoms with Gasteiger partial charge in [0.15, 0.2) is 0 Å². The molecule has 0 aliphatic rings. The zero-order valence-corrected chi connectivity index (χ0v) is 9.19. The van der Waals surface area contributed by atoms with Crippen molar-refractivity contribution in [2.45, 2.75) is 6.92 Å². The molecule has 2 amide bonds. The molecule has 0 aliphatic carbocycles. The number of nitrogens with one attached hydrogen (secondary N) is 2. The zero-order chi connectivity index (χ0) is 11.4.